The number of para-hydroxylation sites is 1. The summed E-state index contributed by atoms with van der Waals surface area (Å²) in [6.45, 7) is 7.81. The fraction of sp³-hybridized carbons (Fsp3) is 0.200. The number of nitrogens with zero attached hydrogens (tertiary/aromatic N) is 3. The van der Waals surface area contributed by atoms with Crippen molar-refractivity contribution in [1.82, 2.24) is 9.66 Å². The number of benzene rings is 4. The molecule has 0 atom stereocenters. The molecule has 1 aromatic heterocycles. The molecule has 1 amide bonds. The number of anilines is 1. The Balaban J connectivity index is 1.57. The van der Waals surface area contributed by atoms with Gasteiger partial charge in [0.2, 0.25) is 0 Å². The number of carbonyl (C=O) groups is 1. The van der Waals surface area contributed by atoms with Crippen LogP contribution in [0, 0.1) is 13.8 Å². The van der Waals surface area contributed by atoms with Crippen LogP contribution < -0.4 is 20.3 Å². The minimum absolute atomic E-state index is 0.162. The minimum atomic E-state index is -0.339. The zero-order valence-corrected chi connectivity index (χ0v) is 27.9. The minimum Gasteiger partial charge on any atom is -0.496 e. The summed E-state index contributed by atoms with van der Waals surface area (Å²) in [6.07, 6.45) is 1.48. The summed E-state index contributed by atoms with van der Waals surface area (Å²) in [6, 6.07) is 21.9. The predicted molar refractivity (Wildman–Crippen MR) is 184 cm³/mol. The van der Waals surface area contributed by atoms with Gasteiger partial charge in [-0.1, -0.05) is 55.3 Å². The molecule has 0 unspecified atom stereocenters. The average Bonchev–Trinajstić information content (AvgIpc) is 3.00. The van der Waals surface area contributed by atoms with Crippen LogP contribution in [-0.2, 0) is 4.79 Å². The van der Waals surface area contributed by atoms with Crippen LogP contribution in [0.3, 0.4) is 0 Å². The molecule has 8 nitrogen and oxygen atoms in total. The maximum atomic E-state index is 13.9. The maximum absolute atomic E-state index is 13.9. The van der Waals surface area contributed by atoms with E-state index in [1.54, 1.807) is 37.4 Å². The van der Waals surface area contributed by atoms with E-state index in [-0.39, 0.29) is 24.0 Å². The molecular weight excluding hydrogens is 656 g/mol. The van der Waals surface area contributed by atoms with Crippen LogP contribution in [0.15, 0.2) is 87.2 Å². The molecular formula is C35H32BrClN4O4. The van der Waals surface area contributed by atoms with Gasteiger partial charge in [-0.2, -0.15) is 9.78 Å². The van der Waals surface area contributed by atoms with Crippen molar-refractivity contribution in [2.75, 3.05) is 19.0 Å². The average molecular weight is 688 g/mol. The Morgan fingerprint density at radius 1 is 1.09 bits per heavy atom. The maximum Gasteiger partial charge on any atom is 0.282 e. The Labute approximate surface area is 274 Å². The van der Waals surface area contributed by atoms with Gasteiger partial charge in [0.15, 0.2) is 12.4 Å². The first-order valence-corrected chi connectivity index (χ1v) is 15.5. The second-order valence-electron chi connectivity index (χ2n) is 10.9. The number of nitrogens with one attached hydrogen (secondary N) is 1. The quantitative estimate of drug-likeness (QED) is 0.158. The van der Waals surface area contributed by atoms with Gasteiger partial charge >= 0.3 is 0 Å². The number of amides is 1. The molecule has 0 bridgehead atoms. The van der Waals surface area contributed by atoms with Gasteiger partial charge in [-0.25, -0.2) is 4.98 Å². The van der Waals surface area contributed by atoms with Crippen molar-refractivity contribution in [2.24, 2.45) is 5.10 Å². The summed E-state index contributed by atoms with van der Waals surface area (Å²) < 4.78 is 13.4. The Morgan fingerprint density at radius 2 is 1.82 bits per heavy atom. The van der Waals surface area contributed by atoms with E-state index in [0.29, 0.717) is 43.2 Å². The lowest BCUT2D eigenvalue weighted by Gasteiger charge is -2.17. The van der Waals surface area contributed by atoms with Crippen LogP contribution in [0.1, 0.15) is 42.0 Å². The first-order valence-electron chi connectivity index (χ1n) is 14.3. The molecule has 0 saturated heterocycles. The SMILES string of the molecule is COc1cc(C)c(-c2nc3ccccc3c(=O)n2N=Cc2cc(Cl)cc(Br)c2OCC(=O)Nc2ccc(C)cc2)cc1C(C)C. The molecule has 0 aliphatic heterocycles. The molecule has 0 spiro atoms. The van der Waals surface area contributed by atoms with E-state index in [2.05, 4.69) is 40.2 Å². The molecule has 4 aromatic carbocycles. The molecule has 0 aliphatic rings. The van der Waals surface area contributed by atoms with Crippen LogP contribution in [0.25, 0.3) is 22.3 Å². The van der Waals surface area contributed by atoms with Crippen LogP contribution in [0.4, 0.5) is 5.69 Å². The zero-order chi connectivity index (χ0) is 32.2. The van der Waals surface area contributed by atoms with Gasteiger partial charge < -0.3 is 14.8 Å². The summed E-state index contributed by atoms with van der Waals surface area (Å²) in [5, 5.41) is 8.29. The van der Waals surface area contributed by atoms with Crippen molar-refractivity contribution < 1.29 is 14.3 Å². The second-order valence-corrected chi connectivity index (χ2v) is 12.2. The summed E-state index contributed by atoms with van der Waals surface area (Å²) in [4.78, 5) is 31.5. The van der Waals surface area contributed by atoms with Crippen molar-refractivity contribution in [2.45, 2.75) is 33.6 Å². The Kier molecular flexibility index (Phi) is 9.70. The van der Waals surface area contributed by atoms with E-state index in [9.17, 15) is 9.59 Å². The summed E-state index contributed by atoms with van der Waals surface area (Å²) in [5.74, 6) is 1.31. The number of rotatable bonds is 9. The third-order valence-electron chi connectivity index (χ3n) is 7.23. The number of halogens is 2. The van der Waals surface area contributed by atoms with E-state index in [1.807, 2.05) is 56.3 Å². The molecule has 1 heterocycles. The molecule has 10 heteroatoms. The van der Waals surface area contributed by atoms with Gasteiger partial charge in [0.25, 0.3) is 11.5 Å². The van der Waals surface area contributed by atoms with Gasteiger partial charge in [0, 0.05) is 21.8 Å². The van der Waals surface area contributed by atoms with E-state index < -0.39 is 0 Å². The lowest BCUT2D eigenvalue weighted by atomic mass is 9.96. The van der Waals surface area contributed by atoms with Crippen molar-refractivity contribution in [3.8, 4) is 22.9 Å². The fourth-order valence-electron chi connectivity index (χ4n) is 4.89. The second kappa shape index (κ2) is 13.7. The molecule has 5 rings (SSSR count). The predicted octanol–water partition coefficient (Wildman–Crippen LogP) is 8.13. The van der Waals surface area contributed by atoms with Gasteiger partial charge in [0.1, 0.15) is 11.5 Å². The monoisotopic (exact) mass is 686 g/mol. The fourth-order valence-corrected chi connectivity index (χ4v) is 5.84. The van der Waals surface area contributed by atoms with Gasteiger partial charge in [-0.05, 0) is 95.4 Å². The number of aromatic nitrogens is 2. The number of aryl methyl sites for hydroxylation is 2. The van der Waals surface area contributed by atoms with Crippen LogP contribution in [0.5, 0.6) is 11.5 Å². The molecule has 230 valence electrons. The van der Waals surface area contributed by atoms with Crippen LogP contribution >= 0.6 is 27.5 Å². The molecule has 1 N–H and O–H groups in total. The third kappa shape index (κ3) is 7.10. The first-order chi connectivity index (χ1) is 21.5. The number of methoxy groups -OCH3 is 1. The van der Waals surface area contributed by atoms with E-state index in [0.717, 1.165) is 28.0 Å². The number of hydrogen-bond acceptors (Lipinski definition) is 6. The third-order valence-corrected chi connectivity index (χ3v) is 8.03. The molecule has 5 aromatic rings. The number of carbonyl (C=O) groups excluding carboxylic acids is 1. The first kappa shape index (κ1) is 31.9. The lowest BCUT2D eigenvalue weighted by molar-refractivity contribution is -0.118. The van der Waals surface area contributed by atoms with Gasteiger partial charge in [-0.15, -0.1) is 0 Å². The summed E-state index contributed by atoms with van der Waals surface area (Å²) in [5.41, 5.74) is 5.02. The van der Waals surface area contributed by atoms with Crippen LogP contribution in [-0.4, -0.2) is 35.5 Å². The van der Waals surface area contributed by atoms with Gasteiger partial charge in [0.05, 0.1) is 28.7 Å². The highest BCUT2D eigenvalue weighted by atomic mass is 79.9. The van der Waals surface area contributed by atoms with E-state index in [4.69, 9.17) is 26.1 Å². The van der Waals surface area contributed by atoms with Crippen molar-refractivity contribution in [1.29, 1.82) is 0 Å². The van der Waals surface area contributed by atoms with Crippen LogP contribution in [0.2, 0.25) is 5.02 Å². The number of hydrogen-bond donors (Lipinski definition) is 1. The summed E-state index contributed by atoms with van der Waals surface area (Å²) in [7, 11) is 1.64. The number of fused-ring (bicyclic) bond motifs is 1. The van der Waals surface area contributed by atoms with E-state index in [1.165, 1.54) is 10.9 Å². The summed E-state index contributed by atoms with van der Waals surface area (Å²) >= 11 is 9.90. The Bertz CT molecular complexity index is 1990. The zero-order valence-electron chi connectivity index (χ0n) is 25.5. The van der Waals surface area contributed by atoms with Crippen molar-refractivity contribution >= 4 is 56.2 Å². The van der Waals surface area contributed by atoms with Crippen molar-refractivity contribution in [3.05, 3.63) is 115 Å². The Hall–Kier alpha value is -4.47. The molecule has 0 fully saturated rings. The highest BCUT2D eigenvalue weighted by Gasteiger charge is 2.19. The number of ether oxygens (including phenoxy) is 2. The molecule has 45 heavy (non-hydrogen) atoms. The highest BCUT2D eigenvalue weighted by Crippen LogP contribution is 2.35. The normalized spacial score (nSPS) is 11.4. The standard InChI is InChI=1S/C35H32BrClN4O4/c1-20(2)27-17-28(22(4)14-31(27)44-5)34-40-30-9-7-6-8-26(30)35(43)41(34)38-18-23-15-24(37)16-29(36)33(23)45-19-32(42)39-25-12-10-21(3)11-13-25/h6-18,20H,19H2,1-5H3,(H,39,42). The van der Waals surface area contributed by atoms with Gasteiger partial charge in [-0.3, -0.25) is 9.59 Å². The molecule has 0 aliphatic carbocycles. The smallest absolute Gasteiger partial charge is 0.282 e. The lowest BCUT2D eigenvalue weighted by Crippen LogP contribution is -2.21. The largest absolute Gasteiger partial charge is 0.496 e. The topological polar surface area (TPSA) is 94.8 Å². The van der Waals surface area contributed by atoms with Crippen molar-refractivity contribution in [3.63, 3.8) is 0 Å². The highest BCUT2D eigenvalue weighted by molar-refractivity contribution is 9.10. The molecule has 0 saturated carbocycles. The van der Waals surface area contributed by atoms with E-state index >= 15 is 0 Å². The Morgan fingerprint density at radius 3 is 2.53 bits per heavy atom. The molecule has 0 radical (unpaired) electrons.